The number of nitrogens with zero attached hydrogens (tertiary/aromatic N) is 4. The Morgan fingerprint density at radius 1 is 1.47 bits per heavy atom. The van der Waals surface area contributed by atoms with Gasteiger partial charge in [-0.05, 0) is 7.05 Å². The van der Waals surface area contributed by atoms with Crippen LogP contribution in [-0.4, -0.2) is 58.9 Å². The third-order valence-electron chi connectivity index (χ3n) is 4.02. The van der Waals surface area contributed by atoms with Crippen LogP contribution in [0.2, 0.25) is 0 Å². The second-order valence-corrected chi connectivity index (χ2v) is 5.43. The summed E-state index contributed by atoms with van der Waals surface area (Å²) in [5.41, 5.74) is 2.14. The average molecular weight is 266 g/mol. The fourth-order valence-electron chi connectivity index (χ4n) is 3.00. The van der Waals surface area contributed by atoms with E-state index in [2.05, 4.69) is 21.9 Å². The minimum Gasteiger partial charge on any atom is -0.394 e. The molecule has 0 unspecified atom stereocenters. The largest absolute Gasteiger partial charge is 0.394 e. The summed E-state index contributed by atoms with van der Waals surface area (Å²) in [4.78, 5) is 12.8. The fraction of sp³-hybridized carbons (Fsp3) is 0.692. The number of hydrogen-bond donors (Lipinski definition) is 1. The molecule has 104 valence electrons. The maximum Gasteiger partial charge on any atom is 0.137 e. The zero-order valence-electron chi connectivity index (χ0n) is 11.1. The summed E-state index contributed by atoms with van der Waals surface area (Å²) < 4.78 is 13.6. The van der Waals surface area contributed by atoms with Gasteiger partial charge in [0, 0.05) is 31.5 Å². The molecular weight excluding hydrogens is 247 g/mol. The van der Waals surface area contributed by atoms with Crippen LogP contribution in [0.4, 0.5) is 10.2 Å². The van der Waals surface area contributed by atoms with E-state index in [0.717, 1.165) is 36.6 Å². The molecule has 19 heavy (non-hydrogen) atoms. The van der Waals surface area contributed by atoms with Gasteiger partial charge in [0.15, 0.2) is 0 Å². The minimum absolute atomic E-state index is 0.0327. The van der Waals surface area contributed by atoms with Crippen LogP contribution in [0.15, 0.2) is 6.33 Å². The molecule has 1 N–H and O–H groups in total. The van der Waals surface area contributed by atoms with Gasteiger partial charge in [-0.2, -0.15) is 0 Å². The van der Waals surface area contributed by atoms with Gasteiger partial charge in [0.25, 0.3) is 0 Å². The van der Waals surface area contributed by atoms with Crippen molar-refractivity contribution >= 4 is 5.82 Å². The van der Waals surface area contributed by atoms with Gasteiger partial charge in [0.2, 0.25) is 0 Å². The number of rotatable bonds is 2. The number of anilines is 1. The van der Waals surface area contributed by atoms with E-state index in [4.69, 9.17) is 0 Å². The lowest BCUT2D eigenvalue weighted by Crippen LogP contribution is -2.36. The third-order valence-corrected chi connectivity index (χ3v) is 4.02. The molecule has 3 heterocycles. The van der Waals surface area contributed by atoms with Crippen molar-refractivity contribution in [3.05, 3.63) is 17.6 Å². The first-order chi connectivity index (χ1) is 9.19. The summed E-state index contributed by atoms with van der Waals surface area (Å²) in [5, 5.41) is 9.41. The highest BCUT2D eigenvalue weighted by molar-refractivity contribution is 5.51. The molecule has 1 saturated heterocycles. The Labute approximate surface area is 112 Å². The van der Waals surface area contributed by atoms with E-state index >= 15 is 0 Å². The molecule has 1 aromatic rings. The smallest absolute Gasteiger partial charge is 0.137 e. The summed E-state index contributed by atoms with van der Waals surface area (Å²) in [6.07, 6.45) is 1.95. The quantitative estimate of drug-likeness (QED) is 0.838. The summed E-state index contributed by atoms with van der Waals surface area (Å²) >= 11 is 0. The van der Waals surface area contributed by atoms with Crippen molar-refractivity contribution in [1.82, 2.24) is 14.9 Å². The van der Waals surface area contributed by atoms with Crippen LogP contribution >= 0.6 is 0 Å². The SMILES string of the molecule is CN1CCc2ncnc(N3C[C@@H](F)C[C@H]3CO)c2C1. The van der Waals surface area contributed by atoms with Crippen molar-refractivity contribution < 1.29 is 9.50 Å². The first-order valence-electron chi connectivity index (χ1n) is 6.72. The topological polar surface area (TPSA) is 52.5 Å². The van der Waals surface area contributed by atoms with Gasteiger partial charge in [0.05, 0.1) is 24.9 Å². The molecule has 5 nitrogen and oxygen atoms in total. The van der Waals surface area contributed by atoms with E-state index in [1.165, 1.54) is 0 Å². The van der Waals surface area contributed by atoms with Gasteiger partial charge in [-0.15, -0.1) is 0 Å². The number of aliphatic hydroxyl groups is 1. The molecule has 0 spiro atoms. The Hall–Kier alpha value is -1.27. The lowest BCUT2D eigenvalue weighted by atomic mass is 10.1. The van der Waals surface area contributed by atoms with Gasteiger partial charge in [0.1, 0.15) is 18.3 Å². The molecule has 2 aliphatic rings. The van der Waals surface area contributed by atoms with Gasteiger partial charge in [-0.25, -0.2) is 14.4 Å². The Balaban J connectivity index is 1.96. The number of aromatic nitrogens is 2. The van der Waals surface area contributed by atoms with E-state index in [-0.39, 0.29) is 12.6 Å². The summed E-state index contributed by atoms with van der Waals surface area (Å²) in [6.45, 7) is 2.06. The number of fused-ring (bicyclic) bond motifs is 1. The molecule has 0 bridgehead atoms. The molecule has 0 aromatic carbocycles. The number of likely N-dealkylation sites (N-methyl/N-ethyl adjacent to an activating group) is 1. The van der Waals surface area contributed by atoms with Crippen LogP contribution in [0.5, 0.6) is 0 Å². The minimum atomic E-state index is -0.885. The monoisotopic (exact) mass is 266 g/mol. The molecule has 0 radical (unpaired) electrons. The lowest BCUT2D eigenvalue weighted by molar-refractivity contribution is 0.255. The predicted molar refractivity (Wildman–Crippen MR) is 69.8 cm³/mol. The maximum absolute atomic E-state index is 13.6. The first-order valence-corrected chi connectivity index (χ1v) is 6.72. The van der Waals surface area contributed by atoms with E-state index in [1.54, 1.807) is 6.33 Å². The van der Waals surface area contributed by atoms with Crippen LogP contribution in [0.25, 0.3) is 0 Å². The van der Waals surface area contributed by atoms with Crippen molar-refractivity contribution in [2.75, 3.05) is 31.6 Å². The summed E-state index contributed by atoms with van der Waals surface area (Å²) in [7, 11) is 2.06. The molecule has 3 rings (SSSR count). The Kier molecular flexibility index (Phi) is 3.36. The zero-order chi connectivity index (χ0) is 13.4. The molecule has 1 fully saturated rings. The van der Waals surface area contributed by atoms with Crippen molar-refractivity contribution in [1.29, 1.82) is 0 Å². The van der Waals surface area contributed by atoms with Gasteiger partial charge >= 0.3 is 0 Å². The van der Waals surface area contributed by atoms with E-state index in [1.807, 2.05) is 4.90 Å². The Morgan fingerprint density at radius 3 is 3.11 bits per heavy atom. The zero-order valence-corrected chi connectivity index (χ0v) is 11.1. The van der Waals surface area contributed by atoms with Crippen molar-refractivity contribution in [2.45, 2.75) is 31.6 Å². The number of alkyl halides is 1. The van der Waals surface area contributed by atoms with Crippen LogP contribution in [0, 0.1) is 0 Å². The van der Waals surface area contributed by atoms with E-state index < -0.39 is 6.17 Å². The summed E-state index contributed by atoms with van der Waals surface area (Å²) in [5.74, 6) is 0.802. The standard InChI is InChI=1S/C13H19FN4O/c1-17-3-2-12-11(6-17)13(16-8-15-12)18-5-9(14)4-10(18)7-19/h8-10,19H,2-7H2,1H3/t9-,10-/m0/s1. The first kappa shape index (κ1) is 12.7. The van der Waals surface area contributed by atoms with Crippen LogP contribution in [-0.2, 0) is 13.0 Å². The number of hydrogen-bond acceptors (Lipinski definition) is 5. The van der Waals surface area contributed by atoms with Crippen molar-refractivity contribution in [3.8, 4) is 0 Å². The predicted octanol–water partition coefficient (Wildman–Crippen LogP) is 0.374. The molecule has 2 atom stereocenters. The summed E-state index contributed by atoms with van der Waals surface area (Å²) in [6, 6.07) is -0.166. The molecule has 0 saturated carbocycles. The highest BCUT2D eigenvalue weighted by atomic mass is 19.1. The van der Waals surface area contributed by atoms with Gasteiger partial charge in [-0.1, -0.05) is 0 Å². The maximum atomic E-state index is 13.6. The highest BCUT2D eigenvalue weighted by Gasteiger charge is 2.34. The molecular formula is C13H19FN4O. The Bertz CT molecular complexity index is 470. The average Bonchev–Trinajstić information content (AvgIpc) is 2.79. The van der Waals surface area contributed by atoms with Crippen molar-refractivity contribution in [3.63, 3.8) is 0 Å². The molecule has 0 aliphatic carbocycles. The molecule has 1 aromatic heterocycles. The number of halogens is 1. The van der Waals surface area contributed by atoms with Crippen LogP contribution < -0.4 is 4.90 Å². The van der Waals surface area contributed by atoms with E-state index in [0.29, 0.717) is 13.0 Å². The molecule has 6 heteroatoms. The Morgan fingerprint density at radius 2 is 2.32 bits per heavy atom. The lowest BCUT2D eigenvalue weighted by Gasteiger charge is -2.31. The third kappa shape index (κ3) is 2.30. The molecule has 0 amide bonds. The van der Waals surface area contributed by atoms with Gasteiger partial charge < -0.3 is 14.9 Å². The fourth-order valence-corrected chi connectivity index (χ4v) is 3.00. The number of aliphatic hydroxyl groups excluding tert-OH is 1. The van der Waals surface area contributed by atoms with Crippen LogP contribution in [0.1, 0.15) is 17.7 Å². The second kappa shape index (κ2) is 5.02. The molecule has 2 aliphatic heterocycles. The van der Waals surface area contributed by atoms with Crippen molar-refractivity contribution in [2.24, 2.45) is 0 Å². The normalized spacial score (nSPS) is 27.6. The van der Waals surface area contributed by atoms with Gasteiger partial charge in [-0.3, -0.25) is 0 Å². The van der Waals surface area contributed by atoms with E-state index in [9.17, 15) is 9.50 Å². The second-order valence-electron chi connectivity index (χ2n) is 5.43. The van der Waals surface area contributed by atoms with Crippen LogP contribution in [0.3, 0.4) is 0 Å². The highest BCUT2D eigenvalue weighted by Crippen LogP contribution is 2.31.